The van der Waals surface area contributed by atoms with Gasteiger partial charge >= 0.3 is 0 Å². The molecule has 0 amide bonds. The van der Waals surface area contributed by atoms with Gasteiger partial charge in [0.1, 0.15) is 0 Å². The van der Waals surface area contributed by atoms with Crippen LogP contribution in [0.2, 0.25) is 0 Å². The first kappa shape index (κ1) is 18.9. The van der Waals surface area contributed by atoms with Gasteiger partial charge < -0.3 is 5.73 Å². The van der Waals surface area contributed by atoms with Crippen LogP contribution in [0.5, 0.6) is 0 Å². The monoisotopic (exact) mass is 396 g/mol. The van der Waals surface area contributed by atoms with Crippen LogP contribution in [0.1, 0.15) is 25.3 Å². The zero-order chi connectivity index (χ0) is 14.9. The molecule has 7 heteroatoms. The number of nitrogens with zero attached hydrogens (tertiary/aromatic N) is 1. The van der Waals surface area contributed by atoms with Gasteiger partial charge in [0.05, 0.1) is 4.90 Å². The summed E-state index contributed by atoms with van der Waals surface area (Å²) in [6.45, 7) is 4.99. The van der Waals surface area contributed by atoms with Gasteiger partial charge in [-0.1, -0.05) is 12.1 Å². The van der Waals surface area contributed by atoms with Crippen LogP contribution < -0.4 is 5.73 Å². The fraction of sp³-hybridized carbons (Fsp3) is 0.571. The molecule has 120 valence electrons. The van der Waals surface area contributed by atoms with Crippen LogP contribution in [0.4, 0.5) is 0 Å². The average molecular weight is 398 g/mol. The van der Waals surface area contributed by atoms with Crippen LogP contribution in [-0.2, 0) is 10.0 Å². The van der Waals surface area contributed by atoms with Crippen molar-refractivity contribution in [3.63, 3.8) is 0 Å². The third kappa shape index (κ3) is 3.99. The molecule has 1 heterocycles. The van der Waals surface area contributed by atoms with Crippen LogP contribution in [0.15, 0.2) is 27.6 Å². The quantitative estimate of drug-likeness (QED) is 0.853. The molecular formula is C14H22BrClN2O2S. The van der Waals surface area contributed by atoms with Crippen molar-refractivity contribution in [3.8, 4) is 0 Å². The molecule has 1 aliphatic heterocycles. The number of aryl methyl sites for hydroxylation is 1. The lowest BCUT2D eigenvalue weighted by Crippen LogP contribution is -2.42. The second-order valence-electron chi connectivity index (χ2n) is 5.49. The molecule has 1 aliphatic rings. The molecule has 0 aromatic heterocycles. The number of rotatable bonds is 3. The Kier molecular flexibility index (Phi) is 6.68. The Hall–Kier alpha value is -0.140. The molecule has 0 aliphatic carbocycles. The van der Waals surface area contributed by atoms with Crippen molar-refractivity contribution in [2.75, 3.05) is 13.1 Å². The first-order chi connectivity index (χ1) is 9.34. The summed E-state index contributed by atoms with van der Waals surface area (Å²) in [6, 6.07) is 5.46. The van der Waals surface area contributed by atoms with Gasteiger partial charge in [-0.15, -0.1) is 12.4 Å². The van der Waals surface area contributed by atoms with E-state index in [1.807, 2.05) is 19.9 Å². The van der Waals surface area contributed by atoms with Crippen LogP contribution in [0.25, 0.3) is 0 Å². The van der Waals surface area contributed by atoms with Gasteiger partial charge in [0, 0.05) is 23.6 Å². The number of hydrogen-bond donors (Lipinski definition) is 1. The largest absolute Gasteiger partial charge is 0.328 e. The first-order valence-corrected chi connectivity index (χ1v) is 9.08. The van der Waals surface area contributed by atoms with Crippen LogP contribution in [0, 0.1) is 12.8 Å². The molecule has 1 saturated heterocycles. The zero-order valence-corrected chi connectivity index (χ0v) is 15.5. The number of nitrogens with two attached hydrogens (primary N) is 1. The summed E-state index contributed by atoms with van der Waals surface area (Å²) in [5.41, 5.74) is 6.83. The molecule has 1 aromatic rings. The van der Waals surface area contributed by atoms with E-state index in [4.69, 9.17) is 5.73 Å². The molecule has 0 radical (unpaired) electrons. The molecule has 1 fully saturated rings. The summed E-state index contributed by atoms with van der Waals surface area (Å²) in [4.78, 5) is 0.358. The van der Waals surface area contributed by atoms with E-state index >= 15 is 0 Å². The van der Waals surface area contributed by atoms with E-state index in [-0.39, 0.29) is 18.4 Å². The maximum atomic E-state index is 12.7. The number of hydrogen-bond acceptors (Lipinski definition) is 3. The average Bonchev–Trinajstić information content (AvgIpc) is 2.41. The minimum atomic E-state index is -3.42. The highest BCUT2D eigenvalue weighted by molar-refractivity contribution is 9.10. The lowest BCUT2D eigenvalue weighted by molar-refractivity contribution is 0.250. The molecule has 2 rings (SSSR count). The molecule has 0 saturated carbocycles. The Balaban J connectivity index is 0.00000220. The Morgan fingerprint density at radius 1 is 1.33 bits per heavy atom. The fourth-order valence-electron chi connectivity index (χ4n) is 2.60. The third-order valence-electron chi connectivity index (χ3n) is 4.02. The maximum Gasteiger partial charge on any atom is 0.244 e. The van der Waals surface area contributed by atoms with Gasteiger partial charge in [0.2, 0.25) is 10.0 Å². The molecular weight excluding hydrogens is 376 g/mol. The van der Waals surface area contributed by atoms with Crippen LogP contribution in [0.3, 0.4) is 0 Å². The Bertz CT molecular complexity index is 585. The summed E-state index contributed by atoms with van der Waals surface area (Å²) >= 11 is 3.39. The van der Waals surface area contributed by atoms with Gasteiger partial charge in [0.15, 0.2) is 0 Å². The molecule has 1 aromatic carbocycles. The van der Waals surface area contributed by atoms with Gasteiger partial charge in [-0.3, -0.25) is 0 Å². The smallest absolute Gasteiger partial charge is 0.244 e. The SMILES string of the molecule is Cc1cccc(S(=O)(=O)N2CCC(C(C)N)CC2)c1Br.Cl. The topological polar surface area (TPSA) is 63.4 Å². The number of sulfonamides is 1. The van der Waals surface area contributed by atoms with E-state index in [9.17, 15) is 8.42 Å². The Morgan fingerprint density at radius 2 is 1.90 bits per heavy atom. The van der Waals surface area contributed by atoms with Crippen molar-refractivity contribution in [3.05, 3.63) is 28.2 Å². The van der Waals surface area contributed by atoms with E-state index in [1.54, 1.807) is 16.4 Å². The van der Waals surface area contributed by atoms with Crippen molar-refractivity contribution in [2.24, 2.45) is 11.7 Å². The van der Waals surface area contributed by atoms with Crippen molar-refractivity contribution >= 4 is 38.4 Å². The highest BCUT2D eigenvalue weighted by Gasteiger charge is 2.31. The molecule has 4 nitrogen and oxygen atoms in total. The Morgan fingerprint density at radius 3 is 2.43 bits per heavy atom. The summed E-state index contributed by atoms with van der Waals surface area (Å²) in [5, 5.41) is 0. The minimum absolute atomic E-state index is 0. The van der Waals surface area contributed by atoms with E-state index < -0.39 is 10.0 Å². The molecule has 0 bridgehead atoms. The van der Waals surface area contributed by atoms with Gasteiger partial charge in [-0.2, -0.15) is 4.31 Å². The molecule has 1 atom stereocenters. The third-order valence-corrected chi connectivity index (χ3v) is 7.27. The Labute approximate surface area is 141 Å². The predicted octanol–water partition coefficient (Wildman–Crippen LogP) is 2.93. The molecule has 0 spiro atoms. The number of benzene rings is 1. The normalized spacial score (nSPS) is 19.0. The van der Waals surface area contributed by atoms with Gasteiger partial charge in [0.25, 0.3) is 0 Å². The first-order valence-electron chi connectivity index (χ1n) is 6.85. The van der Waals surface area contributed by atoms with Crippen LogP contribution in [-0.4, -0.2) is 31.9 Å². The van der Waals surface area contributed by atoms with Gasteiger partial charge in [-0.25, -0.2) is 8.42 Å². The second-order valence-corrected chi connectivity index (χ2v) is 8.19. The molecule has 21 heavy (non-hydrogen) atoms. The number of halogens is 2. The van der Waals surface area contributed by atoms with Crippen LogP contribution >= 0.6 is 28.3 Å². The lowest BCUT2D eigenvalue weighted by atomic mass is 9.92. The van der Waals surface area contributed by atoms with Crippen molar-refractivity contribution in [1.82, 2.24) is 4.31 Å². The molecule has 1 unspecified atom stereocenters. The highest BCUT2D eigenvalue weighted by atomic mass is 79.9. The zero-order valence-electron chi connectivity index (χ0n) is 12.3. The lowest BCUT2D eigenvalue weighted by Gasteiger charge is -2.33. The molecule has 2 N–H and O–H groups in total. The summed E-state index contributed by atoms with van der Waals surface area (Å²) < 4.78 is 27.6. The van der Waals surface area contributed by atoms with E-state index in [0.717, 1.165) is 18.4 Å². The van der Waals surface area contributed by atoms with E-state index in [2.05, 4.69) is 15.9 Å². The van der Waals surface area contributed by atoms with Gasteiger partial charge in [-0.05, 0) is 60.2 Å². The summed E-state index contributed by atoms with van der Waals surface area (Å²) in [7, 11) is -3.42. The number of piperidine rings is 1. The van der Waals surface area contributed by atoms with E-state index in [0.29, 0.717) is 28.4 Å². The standard InChI is InChI=1S/C14H21BrN2O2S.ClH/c1-10-4-3-5-13(14(10)15)20(18,19)17-8-6-12(7-9-17)11(2)16;/h3-5,11-12H,6-9,16H2,1-2H3;1H. The summed E-state index contributed by atoms with van der Waals surface area (Å²) in [5.74, 6) is 0.419. The predicted molar refractivity (Wildman–Crippen MR) is 91.3 cm³/mol. The second kappa shape index (κ2) is 7.42. The minimum Gasteiger partial charge on any atom is -0.328 e. The maximum absolute atomic E-state index is 12.7. The van der Waals surface area contributed by atoms with Crippen molar-refractivity contribution in [1.29, 1.82) is 0 Å². The highest BCUT2D eigenvalue weighted by Crippen LogP contribution is 2.30. The van der Waals surface area contributed by atoms with Crippen molar-refractivity contribution in [2.45, 2.75) is 37.6 Å². The summed E-state index contributed by atoms with van der Waals surface area (Å²) in [6.07, 6.45) is 1.67. The van der Waals surface area contributed by atoms with E-state index in [1.165, 1.54) is 0 Å². The fourth-order valence-corrected chi connectivity index (χ4v) is 5.09. The van der Waals surface area contributed by atoms with Crippen molar-refractivity contribution < 1.29 is 8.42 Å².